The van der Waals surface area contributed by atoms with Gasteiger partial charge >= 0.3 is 0 Å². The second-order valence-corrected chi connectivity index (χ2v) is 8.11. The molecule has 0 spiro atoms. The summed E-state index contributed by atoms with van der Waals surface area (Å²) in [4.78, 5) is 16.0. The average Bonchev–Trinajstić information content (AvgIpc) is 3.08. The minimum absolute atomic E-state index is 0.232. The molecule has 0 atom stereocenters. The highest BCUT2D eigenvalue weighted by molar-refractivity contribution is 7.89. The number of anilines is 1. The normalized spacial score (nSPS) is 11.3. The SMILES string of the molecule is O=C(Nc1ccn(S(=O)(=O)Cc2ccc(Cl)cc2Cl)c1)c1ccccn1. The van der Waals surface area contributed by atoms with Gasteiger partial charge in [0.05, 0.1) is 11.4 Å². The van der Waals surface area contributed by atoms with Gasteiger partial charge < -0.3 is 5.32 Å². The first-order chi connectivity index (χ1) is 12.3. The van der Waals surface area contributed by atoms with Crippen LogP contribution in [-0.4, -0.2) is 23.3 Å². The van der Waals surface area contributed by atoms with Gasteiger partial charge in [-0.3, -0.25) is 13.8 Å². The molecular weight excluding hydrogens is 397 g/mol. The van der Waals surface area contributed by atoms with Gasteiger partial charge in [-0.05, 0) is 35.9 Å². The second-order valence-electron chi connectivity index (χ2n) is 5.39. The maximum Gasteiger partial charge on any atom is 0.274 e. The molecule has 134 valence electrons. The zero-order valence-corrected chi connectivity index (χ0v) is 15.6. The molecule has 1 N–H and O–H groups in total. The first-order valence-electron chi connectivity index (χ1n) is 7.43. The van der Waals surface area contributed by atoms with E-state index in [-0.39, 0.29) is 16.5 Å². The van der Waals surface area contributed by atoms with Crippen LogP contribution in [0.4, 0.5) is 5.69 Å². The molecule has 0 radical (unpaired) electrons. The van der Waals surface area contributed by atoms with Crippen LogP contribution in [0.1, 0.15) is 16.1 Å². The number of hydrogen-bond acceptors (Lipinski definition) is 4. The molecule has 0 saturated carbocycles. The van der Waals surface area contributed by atoms with Crippen molar-refractivity contribution in [2.24, 2.45) is 0 Å². The molecule has 3 rings (SSSR count). The Morgan fingerprint density at radius 1 is 1.15 bits per heavy atom. The molecule has 0 aliphatic carbocycles. The molecule has 0 aliphatic rings. The van der Waals surface area contributed by atoms with E-state index in [9.17, 15) is 13.2 Å². The molecule has 0 saturated heterocycles. The average molecular weight is 410 g/mol. The lowest BCUT2D eigenvalue weighted by Gasteiger charge is -2.08. The maximum absolute atomic E-state index is 12.6. The zero-order valence-electron chi connectivity index (χ0n) is 13.3. The molecule has 1 amide bonds. The fraction of sp³-hybridized carbons (Fsp3) is 0.0588. The van der Waals surface area contributed by atoms with Crippen LogP contribution in [0.3, 0.4) is 0 Å². The Kier molecular flexibility index (Phi) is 5.31. The minimum atomic E-state index is -3.71. The van der Waals surface area contributed by atoms with Gasteiger partial charge in [-0.25, -0.2) is 8.42 Å². The number of carbonyl (C=O) groups excluding carboxylic acids is 1. The molecule has 0 fully saturated rings. The first kappa shape index (κ1) is 18.4. The summed E-state index contributed by atoms with van der Waals surface area (Å²) in [6, 6.07) is 11.1. The van der Waals surface area contributed by atoms with Gasteiger partial charge in [-0.2, -0.15) is 0 Å². The summed E-state index contributed by atoms with van der Waals surface area (Å²) in [6.07, 6.45) is 4.17. The lowest BCUT2D eigenvalue weighted by Crippen LogP contribution is -2.15. The smallest absolute Gasteiger partial charge is 0.274 e. The third-order valence-corrected chi connectivity index (χ3v) is 5.63. The van der Waals surface area contributed by atoms with E-state index < -0.39 is 15.9 Å². The van der Waals surface area contributed by atoms with Crippen molar-refractivity contribution in [3.8, 4) is 0 Å². The predicted octanol–water partition coefficient (Wildman–Crippen LogP) is 3.82. The Morgan fingerprint density at radius 2 is 1.96 bits per heavy atom. The van der Waals surface area contributed by atoms with Gasteiger partial charge in [-0.1, -0.05) is 35.3 Å². The molecular formula is C17H13Cl2N3O3S. The number of rotatable bonds is 5. The van der Waals surface area contributed by atoms with E-state index in [0.29, 0.717) is 16.3 Å². The van der Waals surface area contributed by atoms with Crippen LogP contribution in [0.2, 0.25) is 10.0 Å². The van der Waals surface area contributed by atoms with Crippen molar-refractivity contribution >= 4 is 44.8 Å². The minimum Gasteiger partial charge on any atom is -0.319 e. The van der Waals surface area contributed by atoms with Crippen LogP contribution in [-0.2, 0) is 15.8 Å². The third-order valence-electron chi connectivity index (χ3n) is 3.50. The van der Waals surface area contributed by atoms with Crippen LogP contribution in [0.15, 0.2) is 61.1 Å². The highest BCUT2D eigenvalue weighted by Gasteiger charge is 2.17. The number of pyridine rings is 1. The maximum atomic E-state index is 12.6. The lowest BCUT2D eigenvalue weighted by molar-refractivity contribution is 0.102. The Labute approximate surface area is 160 Å². The largest absolute Gasteiger partial charge is 0.319 e. The zero-order chi connectivity index (χ0) is 18.7. The van der Waals surface area contributed by atoms with E-state index in [1.54, 1.807) is 30.3 Å². The summed E-state index contributed by atoms with van der Waals surface area (Å²) in [5.74, 6) is -0.729. The monoisotopic (exact) mass is 409 g/mol. The summed E-state index contributed by atoms with van der Waals surface area (Å²) in [5, 5.41) is 3.31. The summed E-state index contributed by atoms with van der Waals surface area (Å²) < 4.78 is 26.1. The summed E-state index contributed by atoms with van der Waals surface area (Å²) >= 11 is 11.9. The van der Waals surface area contributed by atoms with Crippen molar-refractivity contribution in [2.45, 2.75) is 5.75 Å². The molecule has 0 bridgehead atoms. The highest BCUT2D eigenvalue weighted by atomic mass is 35.5. The fourth-order valence-electron chi connectivity index (χ4n) is 2.23. The first-order valence-corrected chi connectivity index (χ1v) is 9.79. The van der Waals surface area contributed by atoms with Crippen molar-refractivity contribution in [2.75, 3.05) is 5.32 Å². The van der Waals surface area contributed by atoms with Crippen LogP contribution in [0.25, 0.3) is 0 Å². The Bertz CT molecular complexity index is 1050. The van der Waals surface area contributed by atoms with E-state index in [2.05, 4.69) is 10.3 Å². The highest BCUT2D eigenvalue weighted by Crippen LogP contribution is 2.24. The molecule has 0 aliphatic heterocycles. The van der Waals surface area contributed by atoms with E-state index in [1.807, 2.05) is 0 Å². The van der Waals surface area contributed by atoms with Crippen molar-refractivity contribution in [1.29, 1.82) is 0 Å². The number of aromatic nitrogens is 2. The lowest BCUT2D eigenvalue weighted by atomic mass is 10.2. The molecule has 3 aromatic rings. The van der Waals surface area contributed by atoms with Crippen LogP contribution in [0, 0.1) is 0 Å². The number of carbonyl (C=O) groups is 1. The molecule has 2 aromatic heterocycles. The third kappa shape index (κ3) is 4.24. The van der Waals surface area contributed by atoms with E-state index in [4.69, 9.17) is 23.2 Å². The van der Waals surface area contributed by atoms with Crippen molar-refractivity contribution in [3.05, 3.63) is 82.4 Å². The molecule has 9 heteroatoms. The molecule has 26 heavy (non-hydrogen) atoms. The Morgan fingerprint density at radius 3 is 2.65 bits per heavy atom. The molecule has 0 unspecified atom stereocenters. The number of halogens is 2. The van der Waals surface area contributed by atoms with Crippen LogP contribution < -0.4 is 5.32 Å². The second kappa shape index (κ2) is 7.49. The van der Waals surface area contributed by atoms with Crippen LogP contribution in [0.5, 0.6) is 0 Å². The van der Waals surface area contributed by atoms with Gasteiger partial charge in [-0.15, -0.1) is 0 Å². The quantitative estimate of drug-likeness (QED) is 0.694. The van der Waals surface area contributed by atoms with Crippen LogP contribution >= 0.6 is 23.2 Å². The Balaban J connectivity index is 1.77. The van der Waals surface area contributed by atoms with Crippen molar-refractivity contribution in [1.82, 2.24) is 8.96 Å². The van der Waals surface area contributed by atoms with Gasteiger partial charge in [0.15, 0.2) is 0 Å². The number of nitrogens with zero attached hydrogens (tertiary/aromatic N) is 2. The van der Waals surface area contributed by atoms with Gasteiger partial charge in [0, 0.05) is 28.6 Å². The van der Waals surface area contributed by atoms with Gasteiger partial charge in [0.1, 0.15) is 5.69 Å². The predicted molar refractivity (Wildman–Crippen MR) is 101 cm³/mol. The molecule has 6 nitrogen and oxygen atoms in total. The number of benzene rings is 1. The number of nitrogens with one attached hydrogen (secondary N) is 1. The van der Waals surface area contributed by atoms with Gasteiger partial charge in [0.2, 0.25) is 10.0 Å². The number of hydrogen-bond donors (Lipinski definition) is 1. The van der Waals surface area contributed by atoms with Crippen molar-refractivity contribution in [3.63, 3.8) is 0 Å². The van der Waals surface area contributed by atoms with E-state index >= 15 is 0 Å². The van der Waals surface area contributed by atoms with Gasteiger partial charge in [0.25, 0.3) is 5.91 Å². The molecule has 1 aromatic carbocycles. The summed E-state index contributed by atoms with van der Waals surface area (Å²) in [6.45, 7) is 0. The van der Waals surface area contributed by atoms with E-state index in [1.165, 1.54) is 30.7 Å². The van der Waals surface area contributed by atoms with Crippen molar-refractivity contribution < 1.29 is 13.2 Å². The fourth-order valence-corrected chi connectivity index (χ4v) is 4.09. The Hall–Kier alpha value is -2.35. The topological polar surface area (TPSA) is 81.1 Å². The summed E-state index contributed by atoms with van der Waals surface area (Å²) in [5.41, 5.74) is 1.01. The summed E-state index contributed by atoms with van der Waals surface area (Å²) in [7, 11) is -3.71. The van der Waals surface area contributed by atoms with E-state index in [0.717, 1.165) is 3.97 Å². The molecule has 2 heterocycles. The standard InChI is InChI=1S/C17H13Cl2N3O3S/c18-13-5-4-12(15(19)9-13)11-26(24,25)22-8-6-14(10-22)21-17(23)16-3-1-2-7-20-16/h1-10H,11H2,(H,21,23). The number of amides is 1.